The van der Waals surface area contributed by atoms with Crippen molar-refractivity contribution in [3.05, 3.63) is 30.1 Å². The minimum Gasteiger partial charge on any atom is -0.313 e. The van der Waals surface area contributed by atoms with E-state index in [0.29, 0.717) is 6.04 Å². The van der Waals surface area contributed by atoms with Gasteiger partial charge in [-0.1, -0.05) is 46.1 Å². The summed E-state index contributed by atoms with van der Waals surface area (Å²) in [7, 11) is 0. The predicted molar refractivity (Wildman–Crippen MR) is 83.3 cm³/mol. The minimum absolute atomic E-state index is 0.575. The number of aromatic nitrogens is 1. The molecule has 1 aromatic heterocycles. The SMILES string of the molecule is CCCCC(CC)C(Cc1ccccn1)NCCC. The van der Waals surface area contributed by atoms with Crippen LogP contribution in [0.5, 0.6) is 0 Å². The van der Waals surface area contributed by atoms with Crippen LogP contribution in [-0.4, -0.2) is 17.6 Å². The minimum atomic E-state index is 0.575. The monoisotopic (exact) mass is 262 g/mol. The van der Waals surface area contributed by atoms with E-state index in [4.69, 9.17) is 0 Å². The second kappa shape index (κ2) is 9.96. The Morgan fingerprint density at radius 1 is 1.16 bits per heavy atom. The highest BCUT2D eigenvalue weighted by Gasteiger charge is 2.19. The fourth-order valence-corrected chi connectivity index (χ4v) is 2.64. The highest BCUT2D eigenvalue weighted by atomic mass is 14.9. The van der Waals surface area contributed by atoms with Crippen LogP contribution in [0.3, 0.4) is 0 Å². The van der Waals surface area contributed by atoms with Crippen molar-refractivity contribution in [1.29, 1.82) is 0 Å². The van der Waals surface area contributed by atoms with Gasteiger partial charge >= 0.3 is 0 Å². The van der Waals surface area contributed by atoms with Crippen LogP contribution in [0.2, 0.25) is 0 Å². The lowest BCUT2D eigenvalue weighted by atomic mass is 9.88. The van der Waals surface area contributed by atoms with Gasteiger partial charge in [-0.3, -0.25) is 4.98 Å². The molecule has 0 aliphatic carbocycles. The molecule has 0 radical (unpaired) electrons. The number of pyridine rings is 1. The first-order valence-electron chi connectivity index (χ1n) is 7.95. The number of hydrogen-bond donors (Lipinski definition) is 1. The Morgan fingerprint density at radius 3 is 2.58 bits per heavy atom. The Morgan fingerprint density at radius 2 is 2.00 bits per heavy atom. The zero-order chi connectivity index (χ0) is 13.9. The van der Waals surface area contributed by atoms with Crippen molar-refractivity contribution >= 4 is 0 Å². The van der Waals surface area contributed by atoms with Crippen LogP contribution in [-0.2, 0) is 6.42 Å². The van der Waals surface area contributed by atoms with Gasteiger partial charge in [0.2, 0.25) is 0 Å². The van der Waals surface area contributed by atoms with Crippen LogP contribution in [0.1, 0.15) is 58.6 Å². The molecule has 1 N–H and O–H groups in total. The quantitative estimate of drug-likeness (QED) is 0.683. The van der Waals surface area contributed by atoms with Gasteiger partial charge in [-0.15, -0.1) is 0 Å². The summed E-state index contributed by atoms with van der Waals surface area (Å²) >= 11 is 0. The van der Waals surface area contributed by atoms with Crippen LogP contribution in [0.4, 0.5) is 0 Å². The van der Waals surface area contributed by atoms with Gasteiger partial charge in [0.1, 0.15) is 0 Å². The molecule has 0 fully saturated rings. The number of nitrogens with one attached hydrogen (secondary N) is 1. The van der Waals surface area contributed by atoms with E-state index in [2.05, 4.69) is 43.2 Å². The summed E-state index contributed by atoms with van der Waals surface area (Å²) in [5, 5.41) is 3.74. The molecule has 2 nitrogen and oxygen atoms in total. The molecule has 1 aromatic rings. The van der Waals surface area contributed by atoms with Crippen LogP contribution < -0.4 is 5.32 Å². The average Bonchev–Trinajstić information content (AvgIpc) is 2.46. The van der Waals surface area contributed by atoms with Crippen molar-refractivity contribution in [2.75, 3.05) is 6.54 Å². The summed E-state index contributed by atoms with van der Waals surface area (Å²) in [4.78, 5) is 4.48. The Labute approximate surface area is 119 Å². The fourth-order valence-electron chi connectivity index (χ4n) is 2.64. The Kier molecular flexibility index (Phi) is 8.48. The lowest BCUT2D eigenvalue weighted by molar-refractivity contribution is 0.314. The molecule has 0 saturated carbocycles. The van der Waals surface area contributed by atoms with Crippen molar-refractivity contribution in [2.45, 2.75) is 65.3 Å². The van der Waals surface area contributed by atoms with Gasteiger partial charge in [-0.25, -0.2) is 0 Å². The highest BCUT2D eigenvalue weighted by molar-refractivity contribution is 5.05. The standard InChI is InChI=1S/C17H30N2/c1-4-7-10-15(6-3)17(19-12-5-2)14-16-11-8-9-13-18-16/h8-9,11,13,15,17,19H,4-7,10,12,14H2,1-3H3. The molecule has 0 aliphatic heterocycles. The maximum Gasteiger partial charge on any atom is 0.0419 e. The number of nitrogens with zero attached hydrogens (tertiary/aromatic N) is 1. The molecule has 2 unspecified atom stereocenters. The second-order valence-corrected chi connectivity index (χ2v) is 5.40. The van der Waals surface area contributed by atoms with Crippen molar-refractivity contribution in [3.63, 3.8) is 0 Å². The van der Waals surface area contributed by atoms with E-state index in [9.17, 15) is 0 Å². The molecule has 0 aliphatic rings. The van der Waals surface area contributed by atoms with Crippen LogP contribution >= 0.6 is 0 Å². The summed E-state index contributed by atoms with van der Waals surface area (Å²) < 4.78 is 0. The molecule has 0 saturated heterocycles. The normalized spacial score (nSPS) is 14.3. The summed E-state index contributed by atoms with van der Waals surface area (Å²) in [6.45, 7) is 7.94. The summed E-state index contributed by atoms with van der Waals surface area (Å²) in [5.74, 6) is 0.772. The van der Waals surface area contributed by atoms with Gasteiger partial charge in [0.05, 0.1) is 0 Å². The first-order valence-corrected chi connectivity index (χ1v) is 7.95. The number of unbranched alkanes of at least 4 members (excludes halogenated alkanes) is 1. The van der Waals surface area contributed by atoms with Gasteiger partial charge in [0, 0.05) is 24.4 Å². The summed E-state index contributed by atoms with van der Waals surface area (Å²) in [6.07, 6.45) is 9.38. The van der Waals surface area contributed by atoms with Gasteiger partial charge in [-0.05, 0) is 37.4 Å². The Hall–Kier alpha value is -0.890. The molecule has 0 spiro atoms. The third-order valence-electron chi connectivity index (χ3n) is 3.83. The fraction of sp³-hybridized carbons (Fsp3) is 0.706. The van der Waals surface area contributed by atoms with Gasteiger partial charge in [0.15, 0.2) is 0 Å². The van der Waals surface area contributed by atoms with E-state index >= 15 is 0 Å². The van der Waals surface area contributed by atoms with Crippen LogP contribution in [0, 0.1) is 5.92 Å². The maximum absolute atomic E-state index is 4.48. The lowest BCUT2D eigenvalue weighted by Crippen LogP contribution is -2.38. The van der Waals surface area contributed by atoms with E-state index in [1.54, 1.807) is 0 Å². The molecule has 1 heterocycles. The van der Waals surface area contributed by atoms with Crippen molar-refractivity contribution in [1.82, 2.24) is 10.3 Å². The smallest absolute Gasteiger partial charge is 0.0419 e. The average molecular weight is 262 g/mol. The molecule has 1 rings (SSSR count). The third-order valence-corrected chi connectivity index (χ3v) is 3.83. The summed E-state index contributed by atoms with van der Waals surface area (Å²) in [5.41, 5.74) is 1.21. The number of hydrogen-bond acceptors (Lipinski definition) is 2. The van der Waals surface area contributed by atoms with Crippen molar-refractivity contribution in [2.24, 2.45) is 5.92 Å². The van der Waals surface area contributed by atoms with E-state index in [1.807, 2.05) is 12.3 Å². The van der Waals surface area contributed by atoms with Gasteiger partial charge in [0.25, 0.3) is 0 Å². The third kappa shape index (κ3) is 6.20. The van der Waals surface area contributed by atoms with Crippen molar-refractivity contribution in [3.8, 4) is 0 Å². The van der Waals surface area contributed by atoms with E-state index in [0.717, 1.165) is 18.9 Å². The van der Waals surface area contributed by atoms with Crippen LogP contribution in [0.25, 0.3) is 0 Å². The second-order valence-electron chi connectivity index (χ2n) is 5.40. The largest absolute Gasteiger partial charge is 0.313 e. The summed E-state index contributed by atoms with van der Waals surface area (Å²) in [6, 6.07) is 6.80. The zero-order valence-electron chi connectivity index (χ0n) is 12.9. The highest BCUT2D eigenvalue weighted by Crippen LogP contribution is 2.19. The lowest BCUT2D eigenvalue weighted by Gasteiger charge is -2.27. The molecule has 0 aromatic carbocycles. The number of rotatable bonds is 10. The van der Waals surface area contributed by atoms with E-state index in [1.165, 1.54) is 37.8 Å². The Bertz CT molecular complexity index is 310. The van der Waals surface area contributed by atoms with Gasteiger partial charge < -0.3 is 5.32 Å². The molecule has 0 amide bonds. The molecular weight excluding hydrogens is 232 g/mol. The maximum atomic E-state index is 4.48. The van der Waals surface area contributed by atoms with Gasteiger partial charge in [-0.2, -0.15) is 0 Å². The first kappa shape index (κ1) is 16.2. The Balaban J connectivity index is 2.63. The molecule has 2 atom stereocenters. The molecule has 2 heteroatoms. The molecule has 108 valence electrons. The predicted octanol–water partition coefficient (Wildman–Crippen LogP) is 4.21. The molecule has 19 heavy (non-hydrogen) atoms. The first-order chi connectivity index (χ1) is 9.31. The molecule has 0 bridgehead atoms. The van der Waals surface area contributed by atoms with E-state index in [-0.39, 0.29) is 0 Å². The van der Waals surface area contributed by atoms with E-state index < -0.39 is 0 Å². The van der Waals surface area contributed by atoms with Crippen molar-refractivity contribution < 1.29 is 0 Å². The van der Waals surface area contributed by atoms with Crippen LogP contribution in [0.15, 0.2) is 24.4 Å². The molecular formula is C17H30N2. The topological polar surface area (TPSA) is 24.9 Å². The zero-order valence-corrected chi connectivity index (χ0v) is 12.9.